The lowest BCUT2D eigenvalue weighted by atomic mass is 10.0. The fourth-order valence-electron chi connectivity index (χ4n) is 3.81. The average molecular weight is 356 g/mol. The largest absolute Gasteiger partial charge is 0.395 e. The minimum atomic E-state index is 0.119. The van der Waals surface area contributed by atoms with E-state index < -0.39 is 0 Å². The van der Waals surface area contributed by atoms with E-state index in [0.717, 1.165) is 47.7 Å². The van der Waals surface area contributed by atoms with Gasteiger partial charge in [0.05, 0.1) is 23.7 Å². The maximum atomic E-state index is 9.78. The molecule has 1 aliphatic heterocycles. The van der Waals surface area contributed by atoms with Crippen molar-refractivity contribution in [3.63, 3.8) is 0 Å². The fourth-order valence-corrected chi connectivity index (χ4v) is 3.94. The van der Waals surface area contributed by atoms with Gasteiger partial charge in [-0.15, -0.1) is 0 Å². The number of hydrogen-bond acceptors (Lipinski definition) is 3. The SMILES string of the molecule is OC[C@@H]1CCCN1C(Cc1ccc(Cl)cc1)c1nc2ccccc2[nH]1. The zero-order valence-corrected chi connectivity index (χ0v) is 14.8. The molecule has 2 atom stereocenters. The zero-order valence-electron chi connectivity index (χ0n) is 14.0. The molecule has 1 fully saturated rings. The van der Waals surface area contributed by atoms with Crippen molar-refractivity contribution in [3.8, 4) is 0 Å². The van der Waals surface area contributed by atoms with E-state index in [1.54, 1.807) is 0 Å². The van der Waals surface area contributed by atoms with Crippen LogP contribution in [0.3, 0.4) is 0 Å². The molecule has 25 heavy (non-hydrogen) atoms. The number of hydrogen-bond donors (Lipinski definition) is 2. The number of likely N-dealkylation sites (tertiary alicyclic amines) is 1. The van der Waals surface area contributed by atoms with Gasteiger partial charge in [0, 0.05) is 11.1 Å². The van der Waals surface area contributed by atoms with Crippen LogP contribution in [0.5, 0.6) is 0 Å². The van der Waals surface area contributed by atoms with Crippen molar-refractivity contribution in [2.75, 3.05) is 13.2 Å². The highest BCUT2D eigenvalue weighted by atomic mass is 35.5. The van der Waals surface area contributed by atoms with Gasteiger partial charge >= 0.3 is 0 Å². The summed E-state index contributed by atoms with van der Waals surface area (Å²) < 4.78 is 0. The first-order valence-corrected chi connectivity index (χ1v) is 9.18. The van der Waals surface area contributed by atoms with E-state index in [1.807, 2.05) is 30.3 Å². The topological polar surface area (TPSA) is 52.1 Å². The van der Waals surface area contributed by atoms with Crippen LogP contribution in [0.15, 0.2) is 48.5 Å². The molecule has 1 aliphatic rings. The van der Waals surface area contributed by atoms with Crippen molar-refractivity contribution in [2.45, 2.75) is 31.3 Å². The van der Waals surface area contributed by atoms with Crippen LogP contribution < -0.4 is 0 Å². The Morgan fingerprint density at radius 3 is 2.76 bits per heavy atom. The number of nitrogens with zero attached hydrogens (tertiary/aromatic N) is 2. The average Bonchev–Trinajstić information content (AvgIpc) is 3.27. The highest BCUT2D eigenvalue weighted by Gasteiger charge is 2.33. The molecule has 130 valence electrons. The lowest BCUT2D eigenvalue weighted by Crippen LogP contribution is -2.37. The standard InChI is InChI=1S/C20H22ClN3O/c21-15-9-7-14(8-10-15)12-19(24-11-3-4-16(24)13-25)20-22-17-5-1-2-6-18(17)23-20/h1-2,5-10,16,19,25H,3-4,11-13H2,(H,22,23)/t16-,19?/m0/s1. The number of aromatic nitrogens is 2. The molecule has 2 N–H and O–H groups in total. The minimum absolute atomic E-state index is 0.119. The Morgan fingerprint density at radius 1 is 1.20 bits per heavy atom. The Labute approximate surface area is 152 Å². The molecular formula is C20H22ClN3O. The third kappa shape index (κ3) is 3.43. The summed E-state index contributed by atoms with van der Waals surface area (Å²) in [5.74, 6) is 0.969. The molecule has 0 radical (unpaired) electrons. The summed E-state index contributed by atoms with van der Waals surface area (Å²) in [7, 11) is 0. The highest BCUT2D eigenvalue weighted by molar-refractivity contribution is 6.30. The first kappa shape index (κ1) is 16.6. The van der Waals surface area contributed by atoms with E-state index in [1.165, 1.54) is 5.56 Å². The zero-order chi connectivity index (χ0) is 17.2. The number of fused-ring (bicyclic) bond motifs is 1. The van der Waals surface area contributed by atoms with E-state index in [-0.39, 0.29) is 18.7 Å². The van der Waals surface area contributed by atoms with E-state index in [9.17, 15) is 5.11 Å². The van der Waals surface area contributed by atoms with Gasteiger partial charge in [-0.3, -0.25) is 4.90 Å². The molecule has 4 rings (SSSR count). The molecule has 4 nitrogen and oxygen atoms in total. The van der Waals surface area contributed by atoms with Gasteiger partial charge in [-0.2, -0.15) is 0 Å². The van der Waals surface area contributed by atoms with Crippen molar-refractivity contribution in [1.82, 2.24) is 14.9 Å². The number of nitrogens with one attached hydrogen (secondary N) is 1. The van der Waals surface area contributed by atoms with Crippen LogP contribution in [0, 0.1) is 0 Å². The first-order valence-electron chi connectivity index (χ1n) is 8.80. The maximum absolute atomic E-state index is 9.78. The van der Waals surface area contributed by atoms with Gasteiger partial charge < -0.3 is 10.1 Å². The number of aliphatic hydroxyl groups is 1. The second kappa shape index (κ2) is 7.16. The van der Waals surface area contributed by atoms with E-state index in [0.29, 0.717) is 0 Å². The normalized spacial score (nSPS) is 19.5. The monoisotopic (exact) mass is 355 g/mol. The number of rotatable bonds is 5. The summed E-state index contributed by atoms with van der Waals surface area (Å²) in [6.07, 6.45) is 2.99. The molecule has 3 aromatic rings. The summed E-state index contributed by atoms with van der Waals surface area (Å²) in [6, 6.07) is 16.4. The summed E-state index contributed by atoms with van der Waals surface area (Å²) in [6.45, 7) is 1.18. The molecule has 0 saturated carbocycles. The van der Waals surface area contributed by atoms with Gasteiger partial charge in [0.15, 0.2) is 0 Å². The smallest absolute Gasteiger partial charge is 0.125 e. The van der Waals surface area contributed by atoms with Crippen LogP contribution in [0.1, 0.15) is 30.3 Å². The van der Waals surface area contributed by atoms with Crippen LogP contribution in [0.2, 0.25) is 5.02 Å². The molecule has 2 aromatic carbocycles. The van der Waals surface area contributed by atoms with Gasteiger partial charge in [0.2, 0.25) is 0 Å². The van der Waals surface area contributed by atoms with Gasteiger partial charge in [0.25, 0.3) is 0 Å². The number of halogens is 1. The molecular weight excluding hydrogens is 334 g/mol. The van der Waals surface area contributed by atoms with Crippen molar-refractivity contribution in [1.29, 1.82) is 0 Å². The van der Waals surface area contributed by atoms with E-state index in [2.05, 4.69) is 28.1 Å². The number of imidazole rings is 1. The van der Waals surface area contributed by atoms with Crippen molar-refractivity contribution in [2.24, 2.45) is 0 Å². The molecule has 5 heteroatoms. The minimum Gasteiger partial charge on any atom is -0.395 e. The van der Waals surface area contributed by atoms with Gasteiger partial charge in [0.1, 0.15) is 5.82 Å². The van der Waals surface area contributed by atoms with Gasteiger partial charge in [-0.25, -0.2) is 4.98 Å². The van der Waals surface area contributed by atoms with Gasteiger partial charge in [-0.1, -0.05) is 35.9 Å². The first-order chi connectivity index (χ1) is 12.2. The molecule has 1 unspecified atom stereocenters. The second-order valence-corrected chi connectivity index (χ2v) is 7.14. The quantitative estimate of drug-likeness (QED) is 0.728. The third-order valence-electron chi connectivity index (χ3n) is 5.10. The molecule has 0 bridgehead atoms. The lowest BCUT2D eigenvalue weighted by Gasteiger charge is -2.31. The highest BCUT2D eigenvalue weighted by Crippen LogP contribution is 2.32. The summed E-state index contributed by atoms with van der Waals surface area (Å²) in [5, 5.41) is 10.5. The Kier molecular flexibility index (Phi) is 4.75. The van der Waals surface area contributed by atoms with Crippen LogP contribution in [0.4, 0.5) is 0 Å². The Bertz CT molecular complexity index is 813. The predicted molar refractivity (Wildman–Crippen MR) is 101 cm³/mol. The van der Waals surface area contributed by atoms with E-state index >= 15 is 0 Å². The van der Waals surface area contributed by atoms with Crippen LogP contribution >= 0.6 is 11.6 Å². The van der Waals surface area contributed by atoms with E-state index in [4.69, 9.17) is 16.6 Å². The summed E-state index contributed by atoms with van der Waals surface area (Å²) in [5.41, 5.74) is 3.26. The fraction of sp³-hybridized carbons (Fsp3) is 0.350. The maximum Gasteiger partial charge on any atom is 0.125 e. The van der Waals surface area contributed by atoms with Gasteiger partial charge in [-0.05, 0) is 55.6 Å². The molecule has 1 saturated heterocycles. The molecule has 0 amide bonds. The molecule has 0 aliphatic carbocycles. The second-order valence-electron chi connectivity index (χ2n) is 6.70. The van der Waals surface area contributed by atoms with Crippen molar-refractivity contribution in [3.05, 3.63) is 64.9 Å². The van der Waals surface area contributed by atoms with Crippen LogP contribution in [-0.2, 0) is 6.42 Å². The Hall–Kier alpha value is -1.88. The Balaban J connectivity index is 1.70. The summed E-state index contributed by atoms with van der Waals surface area (Å²) >= 11 is 6.03. The number of aliphatic hydroxyl groups excluding tert-OH is 1. The number of aromatic amines is 1. The van der Waals surface area contributed by atoms with Crippen LogP contribution in [0.25, 0.3) is 11.0 Å². The number of benzene rings is 2. The lowest BCUT2D eigenvalue weighted by molar-refractivity contribution is 0.114. The summed E-state index contributed by atoms with van der Waals surface area (Å²) in [4.78, 5) is 10.7. The van der Waals surface area contributed by atoms with Crippen molar-refractivity contribution < 1.29 is 5.11 Å². The number of para-hydroxylation sites is 2. The third-order valence-corrected chi connectivity index (χ3v) is 5.35. The molecule has 0 spiro atoms. The van der Waals surface area contributed by atoms with Crippen LogP contribution in [-0.4, -0.2) is 39.2 Å². The molecule has 1 aromatic heterocycles. The number of H-pyrrole nitrogens is 1. The predicted octanol–water partition coefficient (Wildman–Crippen LogP) is 3.96. The van der Waals surface area contributed by atoms with Crippen molar-refractivity contribution >= 4 is 22.6 Å². The molecule has 2 heterocycles. The Morgan fingerprint density at radius 2 is 2.00 bits per heavy atom.